The van der Waals surface area contributed by atoms with Crippen molar-refractivity contribution in [3.8, 4) is 0 Å². The van der Waals surface area contributed by atoms with Gasteiger partial charge in [0.1, 0.15) is 11.6 Å². The number of hydrogen-bond donors (Lipinski definition) is 0. The number of ketones is 1. The highest BCUT2D eigenvalue weighted by Crippen LogP contribution is 2.49. The summed E-state index contributed by atoms with van der Waals surface area (Å²) in [6, 6.07) is 4.80. The molecule has 2 fully saturated rings. The lowest BCUT2D eigenvalue weighted by Crippen LogP contribution is -2.16. The van der Waals surface area contributed by atoms with E-state index < -0.39 is 0 Å². The summed E-state index contributed by atoms with van der Waals surface area (Å²) in [6.45, 7) is 0. The van der Waals surface area contributed by atoms with Crippen LogP contribution in [0.5, 0.6) is 0 Å². The minimum absolute atomic E-state index is 0.189. The lowest BCUT2D eigenvalue weighted by Gasteiger charge is -2.20. The molecule has 1 aromatic carbocycles. The second kappa shape index (κ2) is 5.35. The highest BCUT2D eigenvalue weighted by molar-refractivity contribution is 9.10. The number of benzene rings is 1. The Morgan fingerprint density at radius 1 is 1.32 bits per heavy atom. The number of carbonyl (C=O) groups is 1. The van der Waals surface area contributed by atoms with E-state index >= 15 is 0 Å². The Kier molecular flexibility index (Phi) is 3.75. The van der Waals surface area contributed by atoms with Gasteiger partial charge in [-0.2, -0.15) is 0 Å². The molecule has 2 saturated carbocycles. The quantitative estimate of drug-likeness (QED) is 0.795. The molecular formula is C16H18BrFO. The summed E-state index contributed by atoms with van der Waals surface area (Å²) in [5.74, 6) is 2.12. The van der Waals surface area contributed by atoms with Gasteiger partial charge in [0.2, 0.25) is 0 Å². The molecule has 3 rings (SSSR count). The number of hydrogen-bond acceptors (Lipinski definition) is 1. The first kappa shape index (κ1) is 13.3. The number of fused-ring (bicyclic) bond motifs is 2. The van der Waals surface area contributed by atoms with Crippen molar-refractivity contribution in [1.82, 2.24) is 0 Å². The molecule has 0 saturated heterocycles. The fourth-order valence-corrected chi connectivity index (χ4v) is 4.29. The zero-order valence-electron chi connectivity index (χ0n) is 10.9. The van der Waals surface area contributed by atoms with Crippen LogP contribution in [0.3, 0.4) is 0 Å². The Hall–Kier alpha value is -0.700. The van der Waals surface area contributed by atoms with Gasteiger partial charge in [-0.25, -0.2) is 4.39 Å². The Morgan fingerprint density at radius 3 is 2.84 bits per heavy atom. The van der Waals surface area contributed by atoms with Gasteiger partial charge in [0.25, 0.3) is 0 Å². The average Bonchev–Trinajstić information content (AvgIpc) is 2.96. The van der Waals surface area contributed by atoms with E-state index in [1.165, 1.54) is 31.7 Å². The molecular weight excluding hydrogens is 307 g/mol. The third-order valence-corrected chi connectivity index (χ3v) is 5.26. The van der Waals surface area contributed by atoms with Crippen molar-refractivity contribution in [2.24, 2.45) is 17.8 Å². The lowest BCUT2D eigenvalue weighted by atomic mass is 9.84. The Balaban J connectivity index is 1.61. The first-order chi connectivity index (χ1) is 9.11. The molecule has 1 nitrogen and oxygen atoms in total. The molecule has 3 heteroatoms. The summed E-state index contributed by atoms with van der Waals surface area (Å²) in [5.41, 5.74) is 0.516. The van der Waals surface area contributed by atoms with Crippen molar-refractivity contribution >= 4 is 21.7 Å². The summed E-state index contributed by atoms with van der Waals surface area (Å²) in [5, 5.41) is 0. The van der Waals surface area contributed by atoms with Crippen molar-refractivity contribution in [1.29, 1.82) is 0 Å². The SMILES string of the molecule is O=C(Cc1cc(Br)ccc1F)CC1CC2CCC1C2. The smallest absolute Gasteiger partial charge is 0.137 e. The number of halogens is 2. The number of rotatable bonds is 4. The van der Waals surface area contributed by atoms with E-state index in [9.17, 15) is 9.18 Å². The third kappa shape index (κ3) is 2.91. The van der Waals surface area contributed by atoms with Gasteiger partial charge in [-0.05, 0) is 60.8 Å². The van der Waals surface area contributed by atoms with Crippen molar-refractivity contribution in [3.63, 3.8) is 0 Å². The summed E-state index contributed by atoms with van der Waals surface area (Å²) >= 11 is 3.32. The van der Waals surface area contributed by atoms with Gasteiger partial charge in [0.15, 0.2) is 0 Å². The molecule has 2 bridgehead atoms. The topological polar surface area (TPSA) is 17.1 Å². The minimum atomic E-state index is -0.274. The van der Waals surface area contributed by atoms with Crippen LogP contribution in [0, 0.1) is 23.6 Å². The second-order valence-electron chi connectivity index (χ2n) is 6.09. The van der Waals surface area contributed by atoms with Crippen LogP contribution in [0.1, 0.15) is 37.7 Å². The third-order valence-electron chi connectivity index (χ3n) is 4.77. The maximum atomic E-state index is 13.6. The van der Waals surface area contributed by atoms with E-state index in [1.54, 1.807) is 12.1 Å². The largest absolute Gasteiger partial charge is 0.299 e. The Labute approximate surface area is 121 Å². The first-order valence-electron chi connectivity index (χ1n) is 7.07. The summed E-state index contributed by atoms with van der Waals surface area (Å²) in [4.78, 5) is 12.1. The molecule has 0 N–H and O–H groups in total. The molecule has 19 heavy (non-hydrogen) atoms. The summed E-state index contributed by atoms with van der Waals surface area (Å²) in [6.07, 6.45) is 6.08. The predicted octanol–water partition coefficient (Wildman–Crippen LogP) is 4.53. The van der Waals surface area contributed by atoms with Crippen LogP contribution in [0.15, 0.2) is 22.7 Å². The van der Waals surface area contributed by atoms with Gasteiger partial charge in [0, 0.05) is 17.3 Å². The van der Waals surface area contributed by atoms with Crippen LogP contribution < -0.4 is 0 Å². The van der Waals surface area contributed by atoms with Crippen molar-refractivity contribution in [3.05, 3.63) is 34.1 Å². The maximum Gasteiger partial charge on any atom is 0.137 e. The highest BCUT2D eigenvalue weighted by Gasteiger charge is 2.39. The van der Waals surface area contributed by atoms with Crippen LogP contribution in [-0.4, -0.2) is 5.78 Å². The molecule has 3 unspecified atom stereocenters. The van der Waals surface area contributed by atoms with Crippen molar-refractivity contribution in [2.75, 3.05) is 0 Å². The standard InChI is InChI=1S/C16H18BrFO/c17-14-3-4-16(18)13(7-14)9-15(19)8-12-6-10-1-2-11(12)5-10/h3-4,7,10-12H,1-2,5-6,8-9H2. The van der Waals surface area contributed by atoms with Crippen molar-refractivity contribution < 1.29 is 9.18 Å². The fraction of sp³-hybridized carbons (Fsp3) is 0.562. The van der Waals surface area contributed by atoms with Crippen LogP contribution in [0.4, 0.5) is 4.39 Å². The molecule has 2 aliphatic rings. The molecule has 0 spiro atoms. The van der Waals surface area contributed by atoms with Crippen molar-refractivity contribution in [2.45, 2.75) is 38.5 Å². The summed E-state index contributed by atoms with van der Waals surface area (Å²) in [7, 11) is 0. The highest BCUT2D eigenvalue weighted by atomic mass is 79.9. The van der Waals surface area contributed by atoms with E-state index in [2.05, 4.69) is 15.9 Å². The van der Waals surface area contributed by atoms with E-state index in [1.807, 2.05) is 0 Å². The number of carbonyl (C=O) groups excluding carboxylic acids is 1. The van der Waals surface area contributed by atoms with E-state index in [0.29, 0.717) is 17.9 Å². The lowest BCUT2D eigenvalue weighted by molar-refractivity contribution is -0.119. The minimum Gasteiger partial charge on any atom is -0.299 e. The summed E-state index contributed by atoms with van der Waals surface area (Å²) < 4.78 is 14.5. The maximum absolute atomic E-state index is 13.6. The van der Waals surface area contributed by atoms with Crippen LogP contribution in [0.2, 0.25) is 0 Å². The fourth-order valence-electron chi connectivity index (χ4n) is 3.88. The molecule has 0 aliphatic heterocycles. The molecule has 1 aromatic rings. The van der Waals surface area contributed by atoms with Gasteiger partial charge >= 0.3 is 0 Å². The second-order valence-corrected chi connectivity index (χ2v) is 7.01. The zero-order chi connectivity index (χ0) is 13.4. The van der Waals surface area contributed by atoms with Gasteiger partial charge < -0.3 is 0 Å². The number of Topliss-reactive ketones (excluding diaryl/α,β-unsaturated/α-hetero) is 1. The van der Waals surface area contributed by atoms with E-state index in [4.69, 9.17) is 0 Å². The zero-order valence-corrected chi connectivity index (χ0v) is 12.5. The van der Waals surface area contributed by atoms with Gasteiger partial charge in [-0.3, -0.25) is 4.79 Å². The monoisotopic (exact) mass is 324 g/mol. The Morgan fingerprint density at radius 2 is 2.16 bits per heavy atom. The molecule has 0 amide bonds. The van der Waals surface area contributed by atoms with Crippen LogP contribution in [-0.2, 0) is 11.2 Å². The molecule has 102 valence electrons. The molecule has 0 heterocycles. The average molecular weight is 325 g/mol. The van der Waals surface area contributed by atoms with E-state index in [-0.39, 0.29) is 18.0 Å². The molecule has 3 atom stereocenters. The Bertz CT molecular complexity index is 500. The van der Waals surface area contributed by atoms with Gasteiger partial charge in [-0.1, -0.05) is 22.4 Å². The van der Waals surface area contributed by atoms with Crippen LogP contribution >= 0.6 is 15.9 Å². The normalized spacial score (nSPS) is 28.8. The molecule has 0 radical (unpaired) electrons. The van der Waals surface area contributed by atoms with Gasteiger partial charge in [-0.15, -0.1) is 0 Å². The predicted molar refractivity (Wildman–Crippen MR) is 76.4 cm³/mol. The first-order valence-corrected chi connectivity index (χ1v) is 7.86. The molecule has 0 aromatic heterocycles. The van der Waals surface area contributed by atoms with E-state index in [0.717, 1.165) is 16.3 Å². The van der Waals surface area contributed by atoms with Gasteiger partial charge in [0.05, 0.1) is 0 Å². The van der Waals surface area contributed by atoms with Crippen LogP contribution in [0.25, 0.3) is 0 Å². The molecule has 2 aliphatic carbocycles.